The lowest BCUT2D eigenvalue weighted by molar-refractivity contribution is 0.221. The maximum absolute atomic E-state index is 12.2. The Morgan fingerprint density at radius 3 is 2.95 bits per heavy atom. The molecule has 5 nitrogen and oxygen atoms in total. The summed E-state index contributed by atoms with van der Waals surface area (Å²) in [5.74, 6) is 2.13. The highest BCUT2D eigenvalue weighted by molar-refractivity contribution is 7.99. The van der Waals surface area contributed by atoms with Crippen LogP contribution in [0.4, 0.5) is 10.6 Å². The molecule has 6 heteroatoms. The van der Waals surface area contributed by atoms with E-state index in [0.29, 0.717) is 11.7 Å². The van der Waals surface area contributed by atoms with Gasteiger partial charge in [0, 0.05) is 29.9 Å². The van der Waals surface area contributed by atoms with Crippen molar-refractivity contribution in [2.45, 2.75) is 11.3 Å². The van der Waals surface area contributed by atoms with Gasteiger partial charge in [0.25, 0.3) is 0 Å². The first-order valence-corrected chi connectivity index (χ1v) is 8.29. The Labute approximate surface area is 134 Å². The van der Waals surface area contributed by atoms with Crippen LogP contribution < -0.4 is 5.32 Å². The summed E-state index contributed by atoms with van der Waals surface area (Å²) in [6.45, 7) is 1.60. The molecule has 0 aliphatic carbocycles. The fourth-order valence-corrected chi connectivity index (χ4v) is 3.49. The van der Waals surface area contributed by atoms with E-state index in [-0.39, 0.29) is 6.03 Å². The molecule has 22 heavy (non-hydrogen) atoms. The number of urea groups is 1. The lowest BCUT2D eigenvalue weighted by Gasteiger charge is -2.16. The number of rotatable bonds is 4. The fourth-order valence-electron chi connectivity index (χ4n) is 2.44. The Kier molecular flexibility index (Phi) is 4.90. The maximum Gasteiger partial charge on any atom is 0.323 e. The average molecular weight is 314 g/mol. The van der Waals surface area contributed by atoms with Gasteiger partial charge in [0.15, 0.2) is 0 Å². The molecular formula is C16H18N4OS. The minimum absolute atomic E-state index is 0.0779. The summed E-state index contributed by atoms with van der Waals surface area (Å²) < 4.78 is 0. The smallest absolute Gasteiger partial charge is 0.323 e. The molecule has 114 valence electrons. The Hall–Kier alpha value is -2.08. The highest BCUT2D eigenvalue weighted by atomic mass is 32.2. The summed E-state index contributed by atoms with van der Waals surface area (Å²) in [5, 5.41) is 2.81. The van der Waals surface area contributed by atoms with Gasteiger partial charge in [0.05, 0.1) is 0 Å². The van der Waals surface area contributed by atoms with Gasteiger partial charge in [-0.25, -0.2) is 14.8 Å². The summed E-state index contributed by atoms with van der Waals surface area (Å²) in [6, 6.07) is 12.0. The Morgan fingerprint density at radius 2 is 2.18 bits per heavy atom. The number of nitrogens with one attached hydrogen (secondary N) is 1. The van der Waals surface area contributed by atoms with Crippen LogP contribution in [0.3, 0.4) is 0 Å². The van der Waals surface area contributed by atoms with Crippen LogP contribution >= 0.6 is 11.8 Å². The minimum atomic E-state index is -0.0779. The van der Waals surface area contributed by atoms with E-state index in [1.807, 2.05) is 22.7 Å². The van der Waals surface area contributed by atoms with Crippen molar-refractivity contribution in [3.63, 3.8) is 0 Å². The molecule has 2 amide bonds. The number of likely N-dealkylation sites (tertiary alicyclic amines) is 1. The number of carbonyl (C=O) groups is 1. The lowest BCUT2D eigenvalue weighted by Crippen LogP contribution is -2.33. The summed E-state index contributed by atoms with van der Waals surface area (Å²) in [5.41, 5.74) is 0. The summed E-state index contributed by atoms with van der Waals surface area (Å²) in [4.78, 5) is 23.2. The molecule has 3 rings (SSSR count). The second kappa shape index (κ2) is 7.26. The number of nitrogens with zero attached hydrogens (tertiary/aromatic N) is 3. The Bertz CT molecular complexity index is 608. The normalized spacial score (nSPS) is 17.5. The summed E-state index contributed by atoms with van der Waals surface area (Å²) >= 11 is 1.86. The lowest BCUT2D eigenvalue weighted by atomic mass is 10.2. The van der Waals surface area contributed by atoms with Crippen molar-refractivity contribution in [3.8, 4) is 0 Å². The van der Waals surface area contributed by atoms with Crippen molar-refractivity contribution in [1.29, 1.82) is 0 Å². The van der Waals surface area contributed by atoms with Crippen LogP contribution in [-0.2, 0) is 0 Å². The summed E-state index contributed by atoms with van der Waals surface area (Å²) in [7, 11) is 0. The number of carbonyl (C=O) groups excluding carboxylic acids is 1. The van der Waals surface area contributed by atoms with E-state index in [9.17, 15) is 4.79 Å². The minimum Gasteiger partial charge on any atom is -0.324 e. The average Bonchev–Trinajstić information content (AvgIpc) is 3.04. The zero-order chi connectivity index (χ0) is 15.2. The first-order valence-electron chi connectivity index (χ1n) is 7.31. The fraction of sp³-hybridized carbons (Fsp3) is 0.312. The molecule has 0 unspecified atom stereocenters. The maximum atomic E-state index is 12.2. The van der Waals surface area contributed by atoms with E-state index in [1.54, 1.807) is 12.3 Å². The molecule has 1 aromatic heterocycles. The highest BCUT2D eigenvalue weighted by Gasteiger charge is 2.26. The zero-order valence-corrected chi connectivity index (χ0v) is 13.0. The molecule has 2 heterocycles. The molecule has 1 aliphatic heterocycles. The molecule has 1 fully saturated rings. The highest BCUT2D eigenvalue weighted by Crippen LogP contribution is 2.26. The van der Waals surface area contributed by atoms with E-state index in [4.69, 9.17) is 0 Å². The van der Waals surface area contributed by atoms with Gasteiger partial charge < -0.3 is 4.90 Å². The van der Waals surface area contributed by atoms with Crippen molar-refractivity contribution >= 4 is 23.6 Å². The molecule has 1 N–H and O–H groups in total. The predicted molar refractivity (Wildman–Crippen MR) is 87.9 cm³/mol. The number of aromatic nitrogens is 2. The first-order chi connectivity index (χ1) is 10.8. The molecule has 1 aromatic carbocycles. The van der Waals surface area contributed by atoms with Crippen LogP contribution in [-0.4, -0.2) is 39.7 Å². The second-order valence-corrected chi connectivity index (χ2v) is 6.34. The zero-order valence-electron chi connectivity index (χ0n) is 12.2. The molecule has 0 spiro atoms. The Balaban J connectivity index is 1.46. The molecule has 0 saturated carbocycles. The third kappa shape index (κ3) is 3.98. The molecule has 2 aromatic rings. The topological polar surface area (TPSA) is 58.1 Å². The SMILES string of the molecule is O=C(Nc1ccncn1)N1CC[C@H](CSc2ccccc2)C1. The van der Waals surface area contributed by atoms with Crippen molar-refractivity contribution in [1.82, 2.24) is 14.9 Å². The van der Waals surface area contributed by atoms with Gasteiger partial charge >= 0.3 is 6.03 Å². The molecular weight excluding hydrogens is 296 g/mol. The largest absolute Gasteiger partial charge is 0.324 e. The van der Waals surface area contributed by atoms with Crippen molar-refractivity contribution in [2.75, 3.05) is 24.2 Å². The van der Waals surface area contributed by atoms with Gasteiger partial charge in [0.1, 0.15) is 12.1 Å². The van der Waals surface area contributed by atoms with E-state index in [1.165, 1.54) is 11.2 Å². The number of anilines is 1. The molecule has 1 aliphatic rings. The molecule has 0 radical (unpaired) electrons. The number of benzene rings is 1. The van der Waals surface area contributed by atoms with Crippen molar-refractivity contribution in [3.05, 3.63) is 48.9 Å². The quantitative estimate of drug-likeness (QED) is 0.881. The van der Waals surface area contributed by atoms with Gasteiger partial charge in [0.2, 0.25) is 0 Å². The van der Waals surface area contributed by atoms with Gasteiger partial charge in [-0.05, 0) is 30.5 Å². The third-order valence-electron chi connectivity index (χ3n) is 3.62. The van der Waals surface area contributed by atoms with Crippen LogP contribution in [0.1, 0.15) is 6.42 Å². The predicted octanol–water partition coefficient (Wildman–Crippen LogP) is 3.12. The number of amides is 2. The molecule has 1 atom stereocenters. The van der Waals surface area contributed by atoms with E-state index >= 15 is 0 Å². The van der Waals surface area contributed by atoms with Gasteiger partial charge in [-0.15, -0.1) is 11.8 Å². The second-order valence-electron chi connectivity index (χ2n) is 5.25. The van der Waals surface area contributed by atoms with Crippen LogP contribution in [0.25, 0.3) is 0 Å². The number of hydrogen-bond donors (Lipinski definition) is 1. The number of hydrogen-bond acceptors (Lipinski definition) is 4. The van der Waals surface area contributed by atoms with Crippen LogP contribution in [0.2, 0.25) is 0 Å². The third-order valence-corrected chi connectivity index (χ3v) is 4.86. The Morgan fingerprint density at radius 1 is 1.32 bits per heavy atom. The number of thioether (sulfide) groups is 1. The molecule has 0 bridgehead atoms. The molecule has 1 saturated heterocycles. The van der Waals surface area contributed by atoms with Gasteiger partial charge in [-0.1, -0.05) is 18.2 Å². The van der Waals surface area contributed by atoms with Crippen LogP contribution in [0.5, 0.6) is 0 Å². The van der Waals surface area contributed by atoms with E-state index < -0.39 is 0 Å². The van der Waals surface area contributed by atoms with Crippen LogP contribution in [0, 0.1) is 5.92 Å². The standard InChI is InChI=1S/C16H18N4OS/c21-16(19-15-6-8-17-12-18-15)20-9-7-13(10-20)11-22-14-4-2-1-3-5-14/h1-6,8,12-13H,7,9-11H2,(H,17,18,19,21)/t13-/m0/s1. The van der Waals surface area contributed by atoms with Gasteiger partial charge in [-0.2, -0.15) is 0 Å². The van der Waals surface area contributed by atoms with E-state index in [2.05, 4.69) is 39.6 Å². The van der Waals surface area contributed by atoms with E-state index in [0.717, 1.165) is 25.3 Å². The van der Waals surface area contributed by atoms with Crippen LogP contribution in [0.15, 0.2) is 53.8 Å². The van der Waals surface area contributed by atoms with Crippen molar-refractivity contribution in [2.24, 2.45) is 5.92 Å². The summed E-state index contributed by atoms with van der Waals surface area (Å²) in [6.07, 6.45) is 4.10. The monoisotopic (exact) mass is 314 g/mol. The first kappa shape index (κ1) is 14.8. The van der Waals surface area contributed by atoms with Crippen molar-refractivity contribution < 1.29 is 4.79 Å². The van der Waals surface area contributed by atoms with Gasteiger partial charge in [-0.3, -0.25) is 5.32 Å².